The number of ether oxygens (including phenoxy) is 1. The minimum absolute atomic E-state index is 0.0650. The average Bonchev–Trinajstić information content (AvgIpc) is 2.26. The molecule has 1 heterocycles. The van der Waals surface area contributed by atoms with Gasteiger partial charge in [-0.15, -0.1) is 0 Å². The third-order valence-electron chi connectivity index (χ3n) is 1.97. The first-order valence-corrected chi connectivity index (χ1v) is 5.43. The van der Waals surface area contributed by atoms with Crippen LogP contribution in [0, 0.1) is 6.92 Å². The van der Waals surface area contributed by atoms with Gasteiger partial charge in [-0.25, -0.2) is 9.97 Å². The van der Waals surface area contributed by atoms with Gasteiger partial charge in [0.15, 0.2) is 0 Å². The highest BCUT2D eigenvalue weighted by Gasteiger charge is 2.02. The molecule has 0 spiro atoms. The number of hydrogen-bond acceptors (Lipinski definition) is 6. The van der Waals surface area contributed by atoms with Gasteiger partial charge in [-0.2, -0.15) is 0 Å². The van der Waals surface area contributed by atoms with Crippen LogP contribution in [0.5, 0.6) is 0 Å². The standard InChI is InChI=1S/C11H18N4O2/c1-8(16)7-13-11-6-10(12-4-5-17-3)14-9(2)15-11/h6H,4-5,7H2,1-3H3,(H2,12,13,14,15). The van der Waals surface area contributed by atoms with Crippen molar-refractivity contribution in [3.8, 4) is 0 Å². The smallest absolute Gasteiger partial charge is 0.148 e. The quantitative estimate of drug-likeness (QED) is 0.686. The molecule has 6 nitrogen and oxygen atoms in total. The van der Waals surface area contributed by atoms with Crippen LogP contribution < -0.4 is 10.6 Å². The van der Waals surface area contributed by atoms with Crippen molar-refractivity contribution in [2.75, 3.05) is 37.4 Å². The Kier molecular flexibility index (Phi) is 5.35. The minimum Gasteiger partial charge on any atom is -0.383 e. The fourth-order valence-electron chi connectivity index (χ4n) is 1.25. The Balaban J connectivity index is 2.62. The number of nitrogens with one attached hydrogen (secondary N) is 2. The summed E-state index contributed by atoms with van der Waals surface area (Å²) in [6.45, 7) is 4.89. The van der Waals surface area contributed by atoms with Crippen LogP contribution in [0.1, 0.15) is 12.7 Å². The van der Waals surface area contributed by atoms with E-state index in [2.05, 4.69) is 20.6 Å². The van der Waals surface area contributed by atoms with Crippen LogP contribution in [0.25, 0.3) is 0 Å². The van der Waals surface area contributed by atoms with E-state index in [4.69, 9.17) is 4.74 Å². The van der Waals surface area contributed by atoms with Gasteiger partial charge in [0.05, 0.1) is 13.2 Å². The molecule has 0 aliphatic carbocycles. The lowest BCUT2D eigenvalue weighted by atomic mass is 10.4. The number of carbonyl (C=O) groups excluding carboxylic acids is 1. The number of rotatable bonds is 7. The highest BCUT2D eigenvalue weighted by molar-refractivity contribution is 5.80. The third kappa shape index (κ3) is 5.26. The van der Waals surface area contributed by atoms with Crippen LogP contribution in [0.4, 0.5) is 11.6 Å². The number of carbonyl (C=O) groups is 1. The maximum absolute atomic E-state index is 10.9. The van der Waals surface area contributed by atoms with E-state index in [9.17, 15) is 4.79 Å². The number of hydrogen-bond donors (Lipinski definition) is 2. The van der Waals surface area contributed by atoms with Crippen LogP contribution >= 0.6 is 0 Å². The van der Waals surface area contributed by atoms with E-state index < -0.39 is 0 Å². The number of ketones is 1. The van der Waals surface area contributed by atoms with E-state index in [1.54, 1.807) is 20.1 Å². The number of nitrogens with zero attached hydrogens (tertiary/aromatic N) is 2. The Morgan fingerprint density at radius 1 is 1.35 bits per heavy atom. The Bertz CT molecular complexity index is 382. The van der Waals surface area contributed by atoms with Gasteiger partial charge < -0.3 is 15.4 Å². The highest BCUT2D eigenvalue weighted by atomic mass is 16.5. The van der Waals surface area contributed by atoms with Crippen molar-refractivity contribution >= 4 is 17.4 Å². The molecule has 0 saturated heterocycles. The first-order valence-electron chi connectivity index (χ1n) is 5.43. The fourth-order valence-corrected chi connectivity index (χ4v) is 1.25. The van der Waals surface area contributed by atoms with E-state index in [0.717, 1.165) is 5.82 Å². The van der Waals surface area contributed by atoms with Crippen molar-refractivity contribution in [3.05, 3.63) is 11.9 Å². The van der Waals surface area contributed by atoms with Gasteiger partial charge in [0.25, 0.3) is 0 Å². The molecular weight excluding hydrogens is 220 g/mol. The van der Waals surface area contributed by atoms with Crippen molar-refractivity contribution in [1.29, 1.82) is 0 Å². The molecule has 17 heavy (non-hydrogen) atoms. The maximum Gasteiger partial charge on any atom is 0.148 e. The van der Waals surface area contributed by atoms with Crippen molar-refractivity contribution in [3.63, 3.8) is 0 Å². The van der Waals surface area contributed by atoms with Gasteiger partial charge in [-0.05, 0) is 13.8 Å². The molecule has 0 aliphatic rings. The molecular formula is C11H18N4O2. The Labute approximate surface area is 101 Å². The average molecular weight is 238 g/mol. The summed E-state index contributed by atoms with van der Waals surface area (Å²) in [5.41, 5.74) is 0. The third-order valence-corrected chi connectivity index (χ3v) is 1.97. The van der Waals surface area contributed by atoms with Crippen LogP contribution in [0.3, 0.4) is 0 Å². The molecule has 0 aromatic carbocycles. The fraction of sp³-hybridized carbons (Fsp3) is 0.545. The Hall–Kier alpha value is -1.69. The van der Waals surface area contributed by atoms with E-state index in [1.807, 2.05) is 0 Å². The second-order valence-electron chi connectivity index (χ2n) is 3.66. The zero-order valence-electron chi connectivity index (χ0n) is 10.4. The molecule has 2 N–H and O–H groups in total. The lowest BCUT2D eigenvalue weighted by molar-refractivity contribution is -0.115. The minimum atomic E-state index is 0.0650. The molecule has 0 atom stereocenters. The molecule has 94 valence electrons. The molecule has 6 heteroatoms. The second-order valence-corrected chi connectivity index (χ2v) is 3.66. The van der Waals surface area contributed by atoms with Crippen LogP contribution in [0.15, 0.2) is 6.07 Å². The van der Waals surface area contributed by atoms with E-state index >= 15 is 0 Å². The molecule has 1 aromatic heterocycles. The van der Waals surface area contributed by atoms with Gasteiger partial charge in [0, 0.05) is 19.7 Å². The molecule has 0 amide bonds. The summed E-state index contributed by atoms with van der Waals surface area (Å²) < 4.78 is 4.94. The lowest BCUT2D eigenvalue weighted by Gasteiger charge is -2.09. The summed E-state index contributed by atoms with van der Waals surface area (Å²) in [5.74, 6) is 2.09. The van der Waals surface area contributed by atoms with Gasteiger partial charge >= 0.3 is 0 Å². The molecule has 0 aliphatic heterocycles. The number of aromatic nitrogens is 2. The number of Topliss-reactive ketones (excluding diaryl/α,β-unsaturated/α-hetero) is 1. The summed E-state index contributed by atoms with van der Waals surface area (Å²) in [4.78, 5) is 19.3. The summed E-state index contributed by atoms with van der Waals surface area (Å²) in [5, 5.41) is 6.06. The number of anilines is 2. The predicted octanol–water partition coefficient (Wildman–Crippen LogP) is 0.844. The molecule has 0 bridgehead atoms. The Morgan fingerprint density at radius 2 is 2.00 bits per heavy atom. The first-order chi connectivity index (χ1) is 8.11. The molecule has 0 saturated carbocycles. The van der Waals surface area contributed by atoms with Gasteiger partial charge in [0.1, 0.15) is 23.2 Å². The van der Waals surface area contributed by atoms with Crippen molar-refractivity contribution in [1.82, 2.24) is 9.97 Å². The second kappa shape index (κ2) is 6.80. The van der Waals surface area contributed by atoms with Crippen LogP contribution in [0.2, 0.25) is 0 Å². The molecule has 0 radical (unpaired) electrons. The largest absolute Gasteiger partial charge is 0.383 e. The van der Waals surface area contributed by atoms with E-state index in [1.165, 1.54) is 6.92 Å². The monoisotopic (exact) mass is 238 g/mol. The summed E-state index contributed by atoms with van der Waals surface area (Å²) in [6.07, 6.45) is 0. The van der Waals surface area contributed by atoms with Crippen molar-refractivity contribution < 1.29 is 9.53 Å². The Morgan fingerprint density at radius 3 is 2.59 bits per heavy atom. The van der Waals surface area contributed by atoms with Crippen LogP contribution in [-0.2, 0) is 9.53 Å². The maximum atomic E-state index is 10.9. The summed E-state index contributed by atoms with van der Waals surface area (Å²) >= 11 is 0. The topological polar surface area (TPSA) is 76.1 Å². The zero-order valence-corrected chi connectivity index (χ0v) is 10.4. The van der Waals surface area contributed by atoms with E-state index in [0.29, 0.717) is 24.8 Å². The molecule has 0 unspecified atom stereocenters. The van der Waals surface area contributed by atoms with E-state index in [-0.39, 0.29) is 12.3 Å². The van der Waals surface area contributed by atoms with Crippen LogP contribution in [-0.4, -0.2) is 42.6 Å². The first kappa shape index (κ1) is 13.4. The van der Waals surface area contributed by atoms with Gasteiger partial charge in [-0.1, -0.05) is 0 Å². The normalized spacial score (nSPS) is 10.1. The highest BCUT2D eigenvalue weighted by Crippen LogP contribution is 2.10. The molecule has 1 aromatic rings. The molecule has 1 rings (SSSR count). The van der Waals surface area contributed by atoms with Crippen molar-refractivity contribution in [2.24, 2.45) is 0 Å². The van der Waals surface area contributed by atoms with Gasteiger partial charge in [0.2, 0.25) is 0 Å². The lowest BCUT2D eigenvalue weighted by Crippen LogP contribution is -2.13. The number of aryl methyl sites for hydroxylation is 1. The SMILES string of the molecule is COCCNc1cc(NCC(C)=O)nc(C)n1. The summed E-state index contributed by atoms with van der Waals surface area (Å²) in [6, 6.07) is 1.77. The van der Waals surface area contributed by atoms with Gasteiger partial charge in [-0.3, -0.25) is 4.79 Å². The van der Waals surface area contributed by atoms with Crippen molar-refractivity contribution in [2.45, 2.75) is 13.8 Å². The molecule has 0 fully saturated rings. The predicted molar refractivity (Wildman–Crippen MR) is 66.3 cm³/mol. The number of methoxy groups -OCH3 is 1. The zero-order chi connectivity index (χ0) is 12.7. The summed E-state index contributed by atoms with van der Waals surface area (Å²) in [7, 11) is 1.65.